The van der Waals surface area contributed by atoms with Crippen LogP contribution in [0.1, 0.15) is 51.1 Å². The molecule has 1 amide bonds. The molecule has 0 aliphatic heterocycles. The van der Waals surface area contributed by atoms with Crippen molar-refractivity contribution in [1.29, 1.82) is 0 Å². The van der Waals surface area contributed by atoms with Gasteiger partial charge in [-0.2, -0.15) is 0 Å². The molecule has 0 spiro atoms. The molecule has 33 heavy (non-hydrogen) atoms. The van der Waals surface area contributed by atoms with Crippen LogP contribution in [-0.4, -0.2) is 31.9 Å². The van der Waals surface area contributed by atoms with Gasteiger partial charge in [-0.05, 0) is 56.7 Å². The van der Waals surface area contributed by atoms with E-state index in [9.17, 15) is 18.0 Å². The molecule has 174 valence electrons. The highest BCUT2D eigenvalue weighted by atomic mass is 32.2. The first-order valence-electron chi connectivity index (χ1n) is 10.3. The van der Waals surface area contributed by atoms with Gasteiger partial charge in [-0.15, -0.1) is 0 Å². The molecular formula is C23H25N3O5S2. The molecule has 1 heterocycles. The molecule has 0 saturated carbocycles. The molecule has 0 atom stereocenters. The number of nitrogens with zero attached hydrogens (tertiary/aromatic N) is 1. The van der Waals surface area contributed by atoms with Gasteiger partial charge >= 0.3 is 5.97 Å². The predicted molar refractivity (Wildman–Crippen MR) is 128 cm³/mol. The van der Waals surface area contributed by atoms with E-state index in [1.807, 2.05) is 13.8 Å². The highest BCUT2D eigenvalue weighted by molar-refractivity contribution is 7.93. The van der Waals surface area contributed by atoms with Crippen LogP contribution in [-0.2, 0) is 14.8 Å². The Morgan fingerprint density at radius 3 is 2.33 bits per heavy atom. The van der Waals surface area contributed by atoms with Crippen molar-refractivity contribution in [3.8, 4) is 0 Å². The molecule has 0 aliphatic carbocycles. The molecular weight excluding hydrogens is 462 g/mol. The third-order valence-electron chi connectivity index (χ3n) is 4.67. The van der Waals surface area contributed by atoms with Crippen molar-refractivity contribution >= 4 is 44.1 Å². The summed E-state index contributed by atoms with van der Waals surface area (Å²) in [5.41, 5.74) is 2.22. The number of nitrogens with one attached hydrogen (secondary N) is 2. The third kappa shape index (κ3) is 6.39. The van der Waals surface area contributed by atoms with E-state index < -0.39 is 21.9 Å². The lowest BCUT2D eigenvalue weighted by Crippen LogP contribution is -2.12. The minimum atomic E-state index is -3.82. The molecule has 0 aliphatic rings. The SMILES string of the molecule is CCCCOC(=O)c1ccc(NC(=O)c2sc(NS(=O)(=O)c3ccc(C)cc3)nc2C)cc1. The summed E-state index contributed by atoms with van der Waals surface area (Å²) < 4.78 is 32.8. The zero-order valence-corrected chi connectivity index (χ0v) is 20.2. The smallest absolute Gasteiger partial charge is 0.338 e. The zero-order valence-electron chi connectivity index (χ0n) is 18.5. The van der Waals surface area contributed by atoms with E-state index >= 15 is 0 Å². The Morgan fingerprint density at radius 2 is 1.70 bits per heavy atom. The second-order valence-electron chi connectivity index (χ2n) is 7.37. The summed E-state index contributed by atoms with van der Waals surface area (Å²) in [6, 6.07) is 12.8. The van der Waals surface area contributed by atoms with Gasteiger partial charge in [0.1, 0.15) is 4.88 Å². The monoisotopic (exact) mass is 487 g/mol. The second-order valence-corrected chi connectivity index (χ2v) is 10.1. The van der Waals surface area contributed by atoms with Gasteiger partial charge in [-0.25, -0.2) is 18.2 Å². The molecule has 3 rings (SSSR count). The Kier molecular flexibility index (Phi) is 7.83. The molecule has 0 fully saturated rings. The first-order valence-corrected chi connectivity index (χ1v) is 12.6. The second kappa shape index (κ2) is 10.6. The van der Waals surface area contributed by atoms with Crippen LogP contribution < -0.4 is 10.0 Å². The van der Waals surface area contributed by atoms with Gasteiger partial charge in [0, 0.05) is 5.69 Å². The standard InChI is InChI=1S/C23H25N3O5S2/c1-4-5-14-31-22(28)17-8-10-18(11-9-17)25-21(27)20-16(3)24-23(32-20)26-33(29,30)19-12-6-15(2)7-13-19/h6-13H,4-5,14H2,1-3H3,(H,24,26)(H,25,27). The number of benzene rings is 2. The quantitative estimate of drug-likeness (QED) is 0.332. The van der Waals surface area contributed by atoms with Crippen LogP contribution >= 0.6 is 11.3 Å². The highest BCUT2D eigenvalue weighted by Gasteiger charge is 2.20. The van der Waals surface area contributed by atoms with Gasteiger partial charge < -0.3 is 10.1 Å². The van der Waals surface area contributed by atoms with Crippen LogP contribution in [0.5, 0.6) is 0 Å². The van der Waals surface area contributed by atoms with Crippen molar-refractivity contribution in [3.05, 3.63) is 70.2 Å². The van der Waals surface area contributed by atoms with Crippen molar-refractivity contribution in [2.24, 2.45) is 0 Å². The van der Waals surface area contributed by atoms with Gasteiger partial charge in [0.2, 0.25) is 0 Å². The van der Waals surface area contributed by atoms with Crippen LogP contribution in [0.15, 0.2) is 53.4 Å². The number of hydrogen-bond donors (Lipinski definition) is 2. The summed E-state index contributed by atoms with van der Waals surface area (Å²) in [6.45, 7) is 5.88. The molecule has 1 aromatic heterocycles. The Bertz CT molecular complexity index is 1230. The van der Waals surface area contributed by atoms with E-state index in [-0.39, 0.29) is 14.9 Å². The average Bonchev–Trinajstić information content (AvgIpc) is 3.14. The number of thiazole rings is 1. The molecule has 0 unspecified atom stereocenters. The van der Waals surface area contributed by atoms with Crippen LogP contribution in [0.3, 0.4) is 0 Å². The fourth-order valence-electron chi connectivity index (χ4n) is 2.81. The number of rotatable bonds is 9. The largest absolute Gasteiger partial charge is 0.462 e. The summed E-state index contributed by atoms with van der Waals surface area (Å²) in [5, 5.41) is 2.83. The molecule has 8 nitrogen and oxygen atoms in total. The third-order valence-corrected chi connectivity index (χ3v) is 7.22. The molecule has 2 N–H and O–H groups in total. The fraction of sp³-hybridized carbons (Fsp3) is 0.261. The number of sulfonamides is 1. The van der Waals surface area contributed by atoms with E-state index in [2.05, 4.69) is 15.0 Å². The Morgan fingerprint density at radius 1 is 1.03 bits per heavy atom. The lowest BCUT2D eigenvalue weighted by atomic mass is 10.2. The predicted octanol–water partition coefficient (Wildman–Crippen LogP) is 4.77. The fourth-order valence-corrected chi connectivity index (χ4v) is 4.91. The van der Waals surface area contributed by atoms with Crippen molar-refractivity contribution < 1.29 is 22.7 Å². The Balaban J connectivity index is 1.66. The minimum absolute atomic E-state index is 0.100. The average molecular weight is 488 g/mol. The first-order chi connectivity index (χ1) is 15.7. The zero-order chi connectivity index (χ0) is 24.0. The molecule has 2 aromatic carbocycles. The van der Waals surface area contributed by atoms with E-state index in [1.54, 1.807) is 43.3 Å². The number of anilines is 2. The van der Waals surface area contributed by atoms with Crippen molar-refractivity contribution in [2.75, 3.05) is 16.6 Å². The highest BCUT2D eigenvalue weighted by Crippen LogP contribution is 2.26. The van der Waals surface area contributed by atoms with Gasteiger partial charge in [-0.1, -0.05) is 42.4 Å². The number of carbonyl (C=O) groups is 2. The maximum absolute atomic E-state index is 12.7. The number of esters is 1. The number of amides is 1. The van der Waals surface area contributed by atoms with E-state index in [1.165, 1.54) is 12.1 Å². The van der Waals surface area contributed by atoms with Crippen molar-refractivity contribution in [3.63, 3.8) is 0 Å². The van der Waals surface area contributed by atoms with Gasteiger partial charge in [0.25, 0.3) is 15.9 Å². The van der Waals surface area contributed by atoms with Crippen LogP contribution in [0.4, 0.5) is 10.8 Å². The normalized spacial score (nSPS) is 11.1. The maximum Gasteiger partial charge on any atom is 0.338 e. The molecule has 0 saturated heterocycles. The molecule has 3 aromatic rings. The number of ether oxygens (including phenoxy) is 1. The molecule has 0 radical (unpaired) electrons. The Hall–Kier alpha value is -3.24. The van der Waals surface area contributed by atoms with Gasteiger partial charge in [0.05, 0.1) is 22.8 Å². The summed E-state index contributed by atoms with van der Waals surface area (Å²) in [4.78, 5) is 29.3. The summed E-state index contributed by atoms with van der Waals surface area (Å²) in [7, 11) is -3.82. The van der Waals surface area contributed by atoms with E-state index in [0.717, 1.165) is 29.7 Å². The van der Waals surface area contributed by atoms with Crippen LogP contribution in [0.25, 0.3) is 0 Å². The number of unbranched alkanes of at least 4 members (excludes halogenated alkanes) is 1. The summed E-state index contributed by atoms with van der Waals surface area (Å²) >= 11 is 0.943. The van der Waals surface area contributed by atoms with Gasteiger partial charge in [-0.3, -0.25) is 9.52 Å². The number of hydrogen-bond acceptors (Lipinski definition) is 7. The summed E-state index contributed by atoms with van der Waals surface area (Å²) in [5.74, 6) is -0.839. The van der Waals surface area contributed by atoms with Gasteiger partial charge in [0.15, 0.2) is 5.13 Å². The first kappa shape index (κ1) is 24.4. The van der Waals surface area contributed by atoms with Crippen LogP contribution in [0.2, 0.25) is 0 Å². The number of aryl methyl sites for hydroxylation is 2. The van der Waals surface area contributed by atoms with E-state index in [0.29, 0.717) is 23.6 Å². The van der Waals surface area contributed by atoms with Crippen molar-refractivity contribution in [2.45, 2.75) is 38.5 Å². The number of carbonyl (C=O) groups excluding carboxylic acids is 2. The lowest BCUT2D eigenvalue weighted by Gasteiger charge is -2.07. The topological polar surface area (TPSA) is 114 Å². The minimum Gasteiger partial charge on any atom is -0.462 e. The maximum atomic E-state index is 12.7. The summed E-state index contributed by atoms with van der Waals surface area (Å²) in [6.07, 6.45) is 1.74. The molecule has 10 heteroatoms. The molecule has 0 bridgehead atoms. The van der Waals surface area contributed by atoms with E-state index in [4.69, 9.17) is 4.74 Å². The Labute approximate surface area is 197 Å². The number of aromatic nitrogens is 1. The van der Waals surface area contributed by atoms with Crippen LogP contribution in [0, 0.1) is 13.8 Å². The van der Waals surface area contributed by atoms with Crippen molar-refractivity contribution in [1.82, 2.24) is 4.98 Å². The lowest BCUT2D eigenvalue weighted by molar-refractivity contribution is 0.0499.